The minimum Gasteiger partial charge on any atom is -0.469 e. The topological polar surface area (TPSA) is 26.3 Å². The summed E-state index contributed by atoms with van der Waals surface area (Å²) in [6.07, 6.45) is 0.907. The Hall–Kier alpha value is -2.26. The largest absolute Gasteiger partial charge is 0.469 e. The lowest BCUT2D eigenvalue weighted by Crippen LogP contribution is -2.03. The van der Waals surface area contributed by atoms with Crippen LogP contribution in [0.3, 0.4) is 0 Å². The van der Waals surface area contributed by atoms with Crippen molar-refractivity contribution in [1.82, 2.24) is 0 Å². The molecule has 24 heavy (non-hydrogen) atoms. The van der Waals surface area contributed by atoms with Gasteiger partial charge in [0.25, 0.3) is 0 Å². The van der Waals surface area contributed by atoms with Crippen LogP contribution in [0.5, 0.6) is 0 Å². The van der Waals surface area contributed by atoms with E-state index >= 15 is 0 Å². The lowest BCUT2D eigenvalue weighted by Gasteiger charge is -2.05. The molecule has 0 bridgehead atoms. The van der Waals surface area contributed by atoms with Crippen molar-refractivity contribution in [3.05, 3.63) is 72.3 Å². The molecule has 1 fully saturated rings. The summed E-state index contributed by atoms with van der Waals surface area (Å²) in [7, 11) is 1.46. The zero-order valence-electron chi connectivity index (χ0n) is 13.4. The number of esters is 1. The van der Waals surface area contributed by atoms with Gasteiger partial charge < -0.3 is 4.74 Å². The van der Waals surface area contributed by atoms with Crippen LogP contribution in [0.15, 0.2) is 76.5 Å². The van der Waals surface area contributed by atoms with Gasteiger partial charge in [0.15, 0.2) is 0 Å². The average Bonchev–Trinajstić information content (AvgIpc) is 3.42. The molecule has 1 aliphatic rings. The Labute approximate surface area is 145 Å². The van der Waals surface area contributed by atoms with Crippen molar-refractivity contribution in [3.8, 4) is 0 Å². The van der Waals surface area contributed by atoms with Gasteiger partial charge in [-0.1, -0.05) is 54.2 Å². The number of methoxy groups -OCH3 is 1. The van der Waals surface area contributed by atoms with Crippen molar-refractivity contribution < 1.29 is 9.53 Å². The van der Waals surface area contributed by atoms with Gasteiger partial charge in [0.1, 0.15) is 0 Å². The zero-order chi connectivity index (χ0) is 16.5. The van der Waals surface area contributed by atoms with Gasteiger partial charge in [0.05, 0.1) is 13.0 Å². The van der Waals surface area contributed by atoms with Crippen LogP contribution >= 0.6 is 11.8 Å². The summed E-state index contributed by atoms with van der Waals surface area (Å²) in [4.78, 5) is 14.0. The second-order valence-corrected chi connectivity index (χ2v) is 7.30. The van der Waals surface area contributed by atoms with Crippen LogP contribution in [0.25, 0.3) is 10.8 Å². The van der Waals surface area contributed by atoms with Crippen molar-refractivity contribution in [2.75, 3.05) is 7.11 Å². The second kappa shape index (κ2) is 6.33. The standard InChI is InChI=1S/C21H18O2S/c1-23-21(22)20-13-19(20)15-7-9-17(10-8-15)24-18-11-6-14-4-2-3-5-16(14)12-18/h2-12,19-20H,13H2,1H3/t19-,20+/m0/s1. The molecule has 2 nitrogen and oxygen atoms in total. The van der Waals surface area contributed by atoms with Crippen molar-refractivity contribution >= 4 is 28.5 Å². The number of carbonyl (C=O) groups excluding carboxylic acids is 1. The van der Waals surface area contributed by atoms with Crippen LogP contribution < -0.4 is 0 Å². The monoisotopic (exact) mass is 334 g/mol. The molecule has 0 radical (unpaired) electrons. The van der Waals surface area contributed by atoms with Crippen LogP contribution in [-0.4, -0.2) is 13.1 Å². The Morgan fingerprint density at radius 3 is 2.42 bits per heavy atom. The predicted octanol–water partition coefficient (Wildman–Crippen LogP) is 5.27. The van der Waals surface area contributed by atoms with Gasteiger partial charge in [-0.15, -0.1) is 0 Å². The van der Waals surface area contributed by atoms with Crippen molar-refractivity contribution in [1.29, 1.82) is 0 Å². The average molecular weight is 334 g/mol. The van der Waals surface area contributed by atoms with E-state index in [1.54, 1.807) is 11.8 Å². The number of hydrogen-bond donors (Lipinski definition) is 0. The summed E-state index contributed by atoms with van der Waals surface area (Å²) < 4.78 is 4.82. The van der Waals surface area contributed by atoms with Gasteiger partial charge in [-0.2, -0.15) is 0 Å². The molecule has 3 aromatic rings. The van der Waals surface area contributed by atoms with Crippen molar-refractivity contribution in [2.24, 2.45) is 5.92 Å². The van der Waals surface area contributed by atoms with E-state index in [1.807, 2.05) is 0 Å². The molecule has 0 saturated heterocycles. The molecule has 0 N–H and O–H groups in total. The number of ether oxygens (including phenoxy) is 1. The summed E-state index contributed by atoms with van der Waals surface area (Å²) in [6, 6.07) is 23.5. The first-order chi connectivity index (χ1) is 11.7. The highest BCUT2D eigenvalue weighted by Gasteiger charge is 2.44. The third-order valence-corrected chi connectivity index (χ3v) is 5.56. The number of hydrogen-bond acceptors (Lipinski definition) is 3. The number of rotatable bonds is 4. The summed E-state index contributed by atoms with van der Waals surface area (Å²) >= 11 is 1.76. The van der Waals surface area contributed by atoms with Gasteiger partial charge >= 0.3 is 5.97 Å². The van der Waals surface area contributed by atoms with Crippen LogP contribution in [0, 0.1) is 5.92 Å². The molecule has 0 aromatic heterocycles. The number of benzene rings is 3. The summed E-state index contributed by atoms with van der Waals surface area (Å²) in [5.74, 6) is 0.292. The van der Waals surface area contributed by atoms with E-state index in [-0.39, 0.29) is 11.9 Å². The maximum Gasteiger partial charge on any atom is 0.309 e. The zero-order valence-corrected chi connectivity index (χ0v) is 14.3. The minimum absolute atomic E-state index is 0.0500. The highest BCUT2D eigenvalue weighted by molar-refractivity contribution is 7.99. The maximum absolute atomic E-state index is 11.5. The summed E-state index contributed by atoms with van der Waals surface area (Å²) in [5, 5.41) is 2.53. The first-order valence-electron chi connectivity index (χ1n) is 8.09. The van der Waals surface area contributed by atoms with E-state index in [1.165, 1.54) is 33.2 Å². The van der Waals surface area contributed by atoms with Gasteiger partial charge in [-0.05, 0) is 52.9 Å². The third kappa shape index (κ3) is 3.04. The minimum atomic E-state index is -0.0883. The van der Waals surface area contributed by atoms with Gasteiger partial charge in [0.2, 0.25) is 0 Å². The maximum atomic E-state index is 11.5. The van der Waals surface area contributed by atoms with E-state index in [9.17, 15) is 4.79 Å². The van der Waals surface area contributed by atoms with Crippen LogP contribution in [0.2, 0.25) is 0 Å². The van der Waals surface area contributed by atoms with Crippen molar-refractivity contribution in [2.45, 2.75) is 22.1 Å². The van der Waals surface area contributed by atoms with Crippen LogP contribution in [0.4, 0.5) is 0 Å². The Kier molecular flexibility index (Phi) is 4.03. The van der Waals surface area contributed by atoms with Gasteiger partial charge in [-0.25, -0.2) is 0 Å². The van der Waals surface area contributed by atoms with Crippen molar-refractivity contribution in [3.63, 3.8) is 0 Å². The lowest BCUT2D eigenvalue weighted by molar-refractivity contribution is -0.142. The Bertz CT molecular complexity index is 886. The fourth-order valence-electron chi connectivity index (χ4n) is 3.13. The van der Waals surface area contributed by atoms with E-state index in [2.05, 4.69) is 66.7 Å². The van der Waals surface area contributed by atoms with E-state index in [0.717, 1.165) is 6.42 Å². The van der Waals surface area contributed by atoms with E-state index in [0.29, 0.717) is 5.92 Å². The molecule has 3 aromatic carbocycles. The van der Waals surface area contributed by atoms with Crippen LogP contribution in [-0.2, 0) is 9.53 Å². The summed E-state index contributed by atoms with van der Waals surface area (Å²) in [6.45, 7) is 0. The molecular weight excluding hydrogens is 316 g/mol. The molecule has 2 atom stereocenters. The molecule has 120 valence electrons. The second-order valence-electron chi connectivity index (χ2n) is 6.15. The molecule has 0 aliphatic heterocycles. The third-order valence-electron chi connectivity index (χ3n) is 4.56. The van der Waals surface area contributed by atoms with E-state index in [4.69, 9.17) is 4.74 Å². The smallest absolute Gasteiger partial charge is 0.309 e. The molecular formula is C21H18O2S. The van der Waals surface area contributed by atoms with E-state index < -0.39 is 0 Å². The Balaban J connectivity index is 1.48. The molecule has 1 saturated carbocycles. The molecule has 3 heteroatoms. The molecule has 0 heterocycles. The number of carbonyl (C=O) groups is 1. The molecule has 1 aliphatic carbocycles. The lowest BCUT2D eigenvalue weighted by atomic mass is 10.1. The molecule has 4 rings (SSSR count). The highest BCUT2D eigenvalue weighted by atomic mass is 32.2. The van der Waals surface area contributed by atoms with Gasteiger partial charge in [-0.3, -0.25) is 4.79 Å². The first kappa shape index (κ1) is 15.3. The Morgan fingerprint density at radius 1 is 0.958 bits per heavy atom. The quantitative estimate of drug-likeness (QED) is 0.608. The fraction of sp³-hybridized carbons (Fsp3) is 0.190. The molecule has 0 unspecified atom stereocenters. The SMILES string of the molecule is COC(=O)[C@@H]1C[C@H]1c1ccc(Sc2ccc3ccccc3c2)cc1. The highest BCUT2D eigenvalue weighted by Crippen LogP contribution is 2.48. The first-order valence-corrected chi connectivity index (χ1v) is 8.91. The number of fused-ring (bicyclic) bond motifs is 1. The molecule has 0 amide bonds. The van der Waals surface area contributed by atoms with Gasteiger partial charge in [0, 0.05) is 9.79 Å². The van der Waals surface area contributed by atoms with Crippen LogP contribution in [0.1, 0.15) is 17.9 Å². The fourth-order valence-corrected chi connectivity index (χ4v) is 3.99. The molecule has 0 spiro atoms. The normalized spacial score (nSPS) is 19.2. The Morgan fingerprint density at radius 2 is 1.67 bits per heavy atom. The summed E-state index contributed by atoms with van der Waals surface area (Å²) in [5.41, 5.74) is 1.23. The predicted molar refractivity (Wildman–Crippen MR) is 97.4 cm³/mol.